The Labute approximate surface area is 235 Å². The van der Waals surface area contributed by atoms with Gasteiger partial charge in [-0.2, -0.15) is 9.97 Å². The fourth-order valence-electron chi connectivity index (χ4n) is 5.81. The van der Waals surface area contributed by atoms with Gasteiger partial charge in [-0.3, -0.25) is 14.3 Å². The zero-order chi connectivity index (χ0) is 28.3. The van der Waals surface area contributed by atoms with Gasteiger partial charge in [0.15, 0.2) is 5.82 Å². The van der Waals surface area contributed by atoms with E-state index >= 15 is 0 Å². The molecule has 41 heavy (non-hydrogen) atoms. The molecule has 1 aromatic carbocycles. The first-order chi connectivity index (χ1) is 19.9. The molecule has 0 unspecified atom stereocenters. The molecule has 13 heteroatoms. The molecule has 1 atom stereocenters. The monoisotopic (exact) mass is 573 g/mol. The molecule has 6 rings (SSSR count). The average molecular weight is 574 g/mol. The molecule has 220 valence electrons. The number of amides is 1. The highest BCUT2D eigenvalue weighted by molar-refractivity contribution is 5.78. The smallest absolute Gasteiger partial charge is 0.296 e. The number of morpholine rings is 1. The second-order valence-corrected chi connectivity index (χ2v) is 10.8. The summed E-state index contributed by atoms with van der Waals surface area (Å²) < 4.78 is 54.8. The third-order valence-electron chi connectivity index (χ3n) is 7.89. The van der Waals surface area contributed by atoms with Gasteiger partial charge in [-0.05, 0) is 44.2 Å². The Morgan fingerprint density at radius 2 is 1.83 bits per heavy atom. The highest BCUT2D eigenvalue weighted by atomic mass is 19.3. The summed E-state index contributed by atoms with van der Waals surface area (Å²) >= 11 is 0. The molecule has 2 aliphatic heterocycles. The molecule has 10 nitrogen and oxygen atoms in total. The number of para-hydroxylation sites is 2. The van der Waals surface area contributed by atoms with Gasteiger partial charge in [0.1, 0.15) is 18.1 Å². The number of ether oxygens (including phenoxy) is 2. The number of nitrogens with one attached hydrogen (secondary N) is 1. The predicted octanol–water partition coefficient (Wildman–Crippen LogP) is 3.44. The minimum Gasteiger partial charge on any atom is -0.474 e. The largest absolute Gasteiger partial charge is 0.474 e. The summed E-state index contributed by atoms with van der Waals surface area (Å²) in [4.78, 5) is 29.7. The molecular formula is C28H34F3N7O3. The van der Waals surface area contributed by atoms with Crippen LogP contribution in [0.15, 0.2) is 30.3 Å². The van der Waals surface area contributed by atoms with Gasteiger partial charge in [-0.1, -0.05) is 12.1 Å². The standard InChI is InChI=1S/C28H34F3N7O3/c29-18-9-10-36(16-18)17-24(39)32-19-5-7-20(8-6-19)41-25-15-23(34-28(35-25)37-11-13-40-14-12-37)38-22-4-2-1-3-21(22)33-27(38)26(30)31/h1-4,15,18-20,26H,5-14,16-17H2,(H,32,39)/t18-,19-,20-/m0/s1. The fraction of sp³-hybridized carbons (Fsp3) is 0.571. The molecule has 1 N–H and O–H groups in total. The number of carbonyl (C=O) groups is 1. The maximum absolute atomic E-state index is 14.1. The minimum absolute atomic E-state index is 0.0295. The minimum atomic E-state index is -2.80. The molecule has 0 radical (unpaired) electrons. The third-order valence-corrected chi connectivity index (χ3v) is 7.89. The number of alkyl halides is 3. The van der Waals surface area contributed by atoms with Gasteiger partial charge in [0.2, 0.25) is 17.7 Å². The summed E-state index contributed by atoms with van der Waals surface area (Å²) in [6.07, 6.45) is -0.458. The van der Waals surface area contributed by atoms with Crippen LogP contribution in [0.5, 0.6) is 5.88 Å². The van der Waals surface area contributed by atoms with Crippen LogP contribution in [0.25, 0.3) is 16.9 Å². The molecule has 1 amide bonds. The summed E-state index contributed by atoms with van der Waals surface area (Å²) in [6, 6.07) is 8.58. The number of likely N-dealkylation sites (tertiary alicyclic amines) is 1. The molecule has 3 aromatic rings. The normalized spacial score (nSPS) is 23.8. The zero-order valence-electron chi connectivity index (χ0n) is 22.7. The topological polar surface area (TPSA) is 97.6 Å². The van der Waals surface area contributed by atoms with Crippen LogP contribution in [0.4, 0.5) is 19.1 Å². The molecule has 2 saturated heterocycles. The van der Waals surface area contributed by atoms with Crippen molar-refractivity contribution in [1.29, 1.82) is 0 Å². The van der Waals surface area contributed by atoms with Crippen molar-refractivity contribution in [2.24, 2.45) is 0 Å². The Hall–Kier alpha value is -3.45. The summed E-state index contributed by atoms with van der Waals surface area (Å²) in [5.41, 5.74) is 0.971. The van der Waals surface area contributed by atoms with Crippen LogP contribution in [0.2, 0.25) is 0 Å². The van der Waals surface area contributed by atoms with Crippen molar-refractivity contribution in [3.05, 3.63) is 36.2 Å². The number of imidazole rings is 1. The Bertz CT molecular complexity index is 1360. The van der Waals surface area contributed by atoms with Crippen LogP contribution < -0.4 is 15.0 Å². The van der Waals surface area contributed by atoms with Gasteiger partial charge in [-0.25, -0.2) is 18.2 Å². The number of rotatable bonds is 8. The second-order valence-electron chi connectivity index (χ2n) is 10.8. The number of hydrogen-bond acceptors (Lipinski definition) is 8. The van der Waals surface area contributed by atoms with Crippen LogP contribution in [-0.2, 0) is 9.53 Å². The summed E-state index contributed by atoms with van der Waals surface area (Å²) in [6.45, 7) is 3.32. The quantitative estimate of drug-likeness (QED) is 0.438. The van der Waals surface area contributed by atoms with Crippen molar-refractivity contribution in [1.82, 2.24) is 29.7 Å². The lowest BCUT2D eigenvalue weighted by atomic mass is 9.93. The van der Waals surface area contributed by atoms with Gasteiger partial charge in [0.05, 0.1) is 30.8 Å². The number of anilines is 1. The fourth-order valence-corrected chi connectivity index (χ4v) is 5.81. The number of fused-ring (bicyclic) bond motifs is 1. The van der Waals surface area contributed by atoms with E-state index in [1.54, 1.807) is 30.3 Å². The van der Waals surface area contributed by atoms with Crippen molar-refractivity contribution in [2.45, 2.75) is 56.8 Å². The first-order valence-corrected chi connectivity index (χ1v) is 14.2. The Kier molecular flexibility index (Phi) is 8.24. The van der Waals surface area contributed by atoms with E-state index < -0.39 is 18.4 Å². The maximum atomic E-state index is 14.1. The van der Waals surface area contributed by atoms with Gasteiger partial charge >= 0.3 is 0 Å². The van der Waals surface area contributed by atoms with E-state index in [0.29, 0.717) is 81.5 Å². The van der Waals surface area contributed by atoms with Crippen LogP contribution in [0.3, 0.4) is 0 Å². The molecule has 0 bridgehead atoms. The van der Waals surface area contributed by atoms with E-state index in [4.69, 9.17) is 9.47 Å². The molecular weight excluding hydrogens is 539 g/mol. The first-order valence-electron chi connectivity index (χ1n) is 14.2. The lowest BCUT2D eigenvalue weighted by molar-refractivity contribution is -0.123. The average Bonchev–Trinajstić information content (AvgIpc) is 3.57. The lowest BCUT2D eigenvalue weighted by Gasteiger charge is -2.30. The SMILES string of the molecule is O=C(CN1CC[C@H](F)C1)N[C@H]1CC[C@H](Oc2cc(-n3c(C(F)F)nc4ccccc43)nc(N3CCOCC3)n2)CC1. The molecule has 3 fully saturated rings. The molecule has 0 spiro atoms. The Morgan fingerprint density at radius 1 is 1.05 bits per heavy atom. The summed E-state index contributed by atoms with van der Waals surface area (Å²) in [5.74, 6) is 0.477. The first kappa shape index (κ1) is 27.7. The van der Waals surface area contributed by atoms with E-state index in [1.165, 1.54) is 4.57 Å². The van der Waals surface area contributed by atoms with Gasteiger partial charge in [0.25, 0.3) is 6.43 Å². The summed E-state index contributed by atoms with van der Waals surface area (Å²) in [7, 11) is 0. The van der Waals surface area contributed by atoms with E-state index in [2.05, 4.69) is 20.3 Å². The van der Waals surface area contributed by atoms with Gasteiger partial charge in [0, 0.05) is 38.3 Å². The number of hydrogen-bond donors (Lipinski definition) is 1. The van der Waals surface area contributed by atoms with Crippen LogP contribution in [-0.4, -0.2) is 94.6 Å². The molecule has 1 aliphatic carbocycles. The van der Waals surface area contributed by atoms with E-state index in [1.807, 2.05) is 9.80 Å². The number of halogens is 3. The predicted molar refractivity (Wildman–Crippen MR) is 145 cm³/mol. The highest BCUT2D eigenvalue weighted by Gasteiger charge is 2.28. The van der Waals surface area contributed by atoms with E-state index in [9.17, 15) is 18.0 Å². The lowest BCUT2D eigenvalue weighted by Crippen LogP contribution is -2.44. The van der Waals surface area contributed by atoms with E-state index in [-0.39, 0.29) is 30.4 Å². The van der Waals surface area contributed by atoms with Crippen molar-refractivity contribution >= 4 is 22.9 Å². The molecule has 4 heterocycles. The summed E-state index contributed by atoms with van der Waals surface area (Å²) in [5, 5.41) is 3.07. The van der Waals surface area contributed by atoms with Crippen molar-refractivity contribution in [3.8, 4) is 11.7 Å². The van der Waals surface area contributed by atoms with Crippen molar-refractivity contribution in [3.63, 3.8) is 0 Å². The van der Waals surface area contributed by atoms with Crippen molar-refractivity contribution < 1.29 is 27.4 Å². The molecule has 3 aliphatic rings. The van der Waals surface area contributed by atoms with Crippen LogP contribution >= 0.6 is 0 Å². The highest BCUT2D eigenvalue weighted by Crippen LogP contribution is 2.31. The number of nitrogens with zero attached hydrogens (tertiary/aromatic N) is 6. The molecule has 1 saturated carbocycles. The maximum Gasteiger partial charge on any atom is 0.296 e. The van der Waals surface area contributed by atoms with Gasteiger partial charge in [-0.15, -0.1) is 0 Å². The van der Waals surface area contributed by atoms with Crippen LogP contribution in [0.1, 0.15) is 44.4 Å². The van der Waals surface area contributed by atoms with E-state index in [0.717, 1.165) is 12.8 Å². The molecule has 2 aromatic heterocycles. The zero-order valence-corrected chi connectivity index (χ0v) is 22.7. The number of carbonyl (C=O) groups excluding carboxylic acids is 1. The van der Waals surface area contributed by atoms with Gasteiger partial charge < -0.3 is 19.7 Å². The Morgan fingerprint density at radius 3 is 2.56 bits per heavy atom. The Balaban J connectivity index is 1.18. The third kappa shape index (κ3) is 6.40. The van der Waals surface area contributed by atoms with Crippen molar-refractivity contribution in [2.75, 3.05) is 50.8 Å². The second kappa shape index (κ2) is 12.2. The van der Waals surface area contributed by atoms with Crippen LogP contribution in [0, 0.1) is 0 Å². The number of benzene rings is 1. The number of aromatic nitrogens is 4.